The number of ether oxygens (including phenoxy) is 3. The molecule has 0 saturated carbocycles. The summed E-state index contributed by atoms with van der Waals surface area (Å²) in [5.41, 5.74) is 2.51. The van der Waals surface area contributed by atoms with Crippen LogP contribution in [0.1, 0.15) is 32.2 Å². The molecule has 1 amide bonds. The van der Waals surface area contributed by atoms with Crippen molar-refractivity contribution < 1.29 is 19.0 Å². The van der Waals surface area contributed by atoms with Gasteiger partial charge in [-0.05, 0) is 46.2 Å². The van der Waals surface area contributed by atoms with Crippen molar-refractivity contribution in [2.24, 2.45) is 0 Å². The summed E-state index contributed by atoms with van der Waals surface area (Å²) in [6, 6.07) is 9.05. The highest BCUT2D eigenvalue weighted by molar-refractivity contribution is 6.34. The molecule has 0 spiro atoms. The van der Waals surface area contributed by atoms with Crippen LogP contribution in [-0.4, -0.2) is 40.3 Å². The van der Waals surface area contributed by atoms with Gasteiger partial charge >= 0.3 is 6.09 Å². The van der Waals surface area contributed by atoms with Crippen LogP contribution in [0, 0.1) is 13.8 Å². The molecular weight excluding hydrogens is 456 g/mol. The third-order valence-electron chi connectivity index (χ3n) is 5.32. The van der Waals surface area contributed by atoms with Gasteiger partial charge in [-0.2, -0.15) is 0 Å². The Labute approximate surface area is 203 Å². The summed E-state index contributed by atoms with van der Waals surface area (Å²) < 4.78 is 18.7. The van der Waals surface area contributed by atoms with Crippen molar-refractivity contribution >= 4 is 45.7 Å². The number of rotatable bonds is 4. The molecule has 0 aliphatic heterocycles. The molecule has 0 fully saturated rings. The molecule has 0 aliphatic rings. The number of amides is 1. The molecule has 4 rings (SSSR count). The highest BCUT2D eigenvalue weighted by Crippen LogP contribution is 2.40. The van der Waals surface area contributed by atoms with Crippen LogP contribution >= 0.6 is 11.6 Å². The molecule has 0 N–H and O–H groups in total. The number of para-hydroxylation sites is 1. The normalized spacial score (nSPS) is 11.6. The number of imidazole rings is 1. The minimum Gasteiger partial charge on any atom is -0.493 e. The number of anilines is 2. The number of hydrogen-bond acceptors (Lipinski definition) is 6. The van der Waals surface area contributed by atoms with E-state index in [0.29, 0.717) is 39.1 Å². The fourth-order valence-electron chi connectivity index (χ4n) is 3.87. The average molecular weight is 483 g/mol. The largest absolute Gasteiger partial charge is 0.493 e. The maximum atomic E-state index is 13.6. The first-order valence-electron chi connectivity index (χ1n) is 10.7. The Kier molecular flexibility index (Phi) is 6.03. The predicted octanol–water partition coefficient (Wildman–Crippen LogP) is 6.24. The van der Waals surface area contributed by atoms with Gasteiger partial charge in [0, 0.05) is 12.1 Å². The molecule has 0 bridgehead atoms. The molecular formula is C25H27ClN4O4. The smallest absolute Gasteiger partial charge is 0.420 e. The van der Waals surface area contributed by atoms with Crippen molar-refractivity contribution in [1.29, 1.82) is 0 Å². The van der Waals surface area contributed by atoms with Crippen molar-refractivity contribution in [3.63, 3.8) is 0 Å². The van der Waals surface area contributed by atoms with Crippen LogP contribution in [0.3, 0.4) is 0 Å². The van der Waals surface area contributed by atoms with Crippen LogP contribution in [-0.2, 0) is 4.74 Å². The van der Waals surface area contributed by atoms with Gasteiger partial charge in [-0.1, -0.05) is 23.7 Å². The third kappa shape index (κ3) is 4.09. The van der Waals surface area contributed by atoms with E-state index < -0.39 is 11.7 Å². The maximum absolute atomic E-state index is 13.6. The van der Waals surface area contributed by atoms with Gasteiger partial charge in [-0.3, -0.25) is 4.40 Å². The third-order valence-corrected chi connectivity index (χ3v) is 5.62. The molecule has 0 unspecified atom stereocenters. The van der Waals surface area contributed by atoms with Crippen molar-refractivity contribution in [2.45, 2.75) is 40.2 Å². The van der Waals surface area contributed by atoms with Crippen LogP contribution in [0.2, 0.25) is 5.02 Å². The molecule has 8 nitrogen and oxygen atoms in total. The summed E-state index contributed by atoms with van der Waals surface area (Å²) in [5, 5.41) is 0.398. The van der Waals surface area contributed by atoms with Gasteiger partial charge in [0.15, 0.2) is 17.3 Å². The van der Waals surface area contributed by atoms with E-state index >= 15 is 0 Å². The lowest BCUT2D eigenvalue weighted by atomic mass is 10.1. The number of aryl methyl sites for hydroxylation is 2. The van der Waals surface area contributed by atoms with Crippen LogP contribution in [0.4, 0.5) is 16.3 Å². The van der Waals surface area contributed by atoms with E-state index in [4.69, 9.17) is 30.8 Å². The molecule has 9 heteroatoms. The zero-order chi connectivity index (χ0) is 24.8. The second-order valence-electron chi connectivity index (χ2n) is 8.88. The van der Waals surface area contributed by atoms with Gasteiger partial charge in [-0.15, -0.1) is 0 Å². The van der Waals surface area contributed by atoms with Gasteiger partial charge in [0.05, 0.1) is 42.2 Å². The van der Waals surface area contributed by atoms with Gasteiger partial charge in [0.1, 0.15) is 16.9 Å². The minimum absolute atomic E-state index is 0.339. The summed E-state index contributed by atoms with van der Waals surface area (Å²) in [7, 11) is 3.14. The fourth-order valence-corrected chi connectivity index (χ4v) is 4.17. The zero-order valence-corrected chi connectivity index (χ0v) is 21.0. The van der Waals surface area contributed by atoms with Crippen LogP contribution in [0.15, 0.2) is 36.5 Å². The Bertz CT molecular complexity index is 1390. The topological polar surface area (TPSA) is 78.2 Å². The molecule has 178 valence electrons. The lowest BCUT2D eigenvalue weighted by molar-refractivity contribution is 0.0598. The average Bonchev–Trinajstić information content (AvgIpc) is 3.15. The lowest BCUT2D eigenvalue weighted by Gasteiger charge is -2.29. The Morgan fingerprint density at radius 2 is 1.74 bits per heavy atom. The number of aromatic nitrogens is 3. The Hall–Kier alpha value is -3.52. The van der Waals surface area contributed by atoms with Crippen molar-refractivity contribution in [3.05, 3.63) is 52.9 Å². The predicted molar refractivity (Wildman–Crippen MR) is 133 cm³/mol. The van der Waals surface area contributed by atoms with E-state index in [0.717, 1.165) is 16.9 Å². The molecule has 0 radical (unpaired) electrons. The highest BCUT2D eigenvalue weighted by atomic mass is 35.5. The van der Waals surface area contributed by atoms with Crippen molar-refractivity contribution in [1.82, 2.24) is 14.4 Å². The van der Waals surface area contributed by atoms with Crippen LogP contribution in [0.25, 0.3) is 16.6 Å². The van der Waals surface area contributed by atoms with E-state index in [1.165, 1.54) is 4.90 Å². The Morgan fingerprint density at radius 3 is 2.35 bits per heavy atom. The summed E-state index contributed by atoms with van der Waals surface area (Å²) in [6.45, 7) is 9.20. The first-order chi connectivity index (χ1) is 16.1. The monoisotopic (exact) mass is 482 g/mol. The Morgan fingerprint density at radius 1 is 1.06 bits per heavy atom. The molecule has 0 atom stereocenters. The van der Waals surface area contributed by atoms with E-state index in [2.05, 4.69) is 4.98 Å². The van der Waals surface area contributed by atoms with Gasteiger partial charge in [-0.25, -0.2) is 19.7 Å². The van der Waals surface area contributed by atoms with Gasteiger partial charge in [0.2, 0.25) is 0 Å². The molecule has 34 heavy (non-hydrogen) atoms. The number of hydrogen-bond donors (Lipinski definition) is 0. The fraction of sp³-hybridized carbons (Fsp3) is 0.320. The van der Waals surface area contributed by atoms with E-state index in [1.54, 1.807) is 32.5 Å². The van der Waals surface area contributed by atoms with E-state index in [1.807, 2.05) is 57.2 Å². The Balaban J connectivity index is 2.10. The van der Waals surface area contributed by atoms with E-state index in [-0.39, 0.29) is 0 Å². The maximum Gasteiger partial charge on any atom is 0.420 e. The SMILES string of the molecule is COc1cc2nc(N(C(=O)OC(C)(C)C)c3c(C)cccc3Cl)c3cnc(C)n3c2cc1OC. The lowest BCUT2D eigenvalue weighted by Crippen LogP contribution is -2.35. The molecule has 2 aromatic heterocycles. The molecule has 0 saturated heterocycles. The highest BCUT2D eigenvalue weighted by Gasteiger charge is 2.31. The van der Waals surface area contributed by atoms with Crippen LogP contribution in [0.5, 0.6) is 11.5 Å². The standard InChI is InChI=1S/C25H27ClN4O4/c1-14-9-8-10-16(26)22(14)30(24(31)34-25(3,4)5)23-19-13-27-15(2)29(19)18-12-21(33-7)20(32-6)11-17(18)28-23/h8-13H,1-7H3. The molecule has 0 aliphatic carbocycles. The second-order valence-corrected chi connectivity index (χ2v) is 9.29. The van der Waals surface area contributed by atoms with E-state index in [9.17, 15) is 4.79 Å². The first-order valence-corrected chi connectivity index (χ1v) is 11.1. The number of benzene rings is 2. The van der Waals surface area contributed by atoms with Gasteiger partial charge < -0.3 is 14.2 Å². The number of carbonyl (C=O) groups is 1. The number of fused-ring (bicyclic) bond motifs is 3. The molecule has 2 heterocycles. The molecule has 2 aromatic carbocycles. The quantitative estimate of drug-likeness (QED) is 0.342. The summed E-state index contributed by atoms with van der Waals surface area (Å²) >= 11 is 6.62. The minimum atomic E-state index is -0.732. The number of halogens is 1. The van der Waals surface area contributed by atoms with Crippen LogP contribution < -0.4 is 14.4 Å². The van der Waals surface area contributed by atoms with Crippen molar-refractivity contribution in [2.75, 3.05) is 19.1 Å². The van der Waals surface area contributed by atoms with Gasteiger partial charge in [0.25, 0.3) is 0 Å². The number of carbonyl (C=O) groups excluding carboxylic acids is 1. The summed E-state index contributed by atoms with van der Waals surface area (Å²) in [5.74, 6) is 2.13. The van der Waals surface area contributed by atoms with Crippen molar-refractivity contribution in [3.8, 4) is 11.5 Å². The second kappa shape index (κ2) is 8.68. The number of methoxy groups -OCH3 is 2. The summed E-state index contributed by atoms with van der Waals surface area (Å²) in [6.07, 6.45) is 1.08. The first kappa shape index (κ1) is 23.6. The summed E-state index contributed by atoms with van der Waals surface area (Å²) in [4.78, 5) is 24.4. The zero-order valence-electron chi connectivity index (χ0n) is 20.3. The number of nitrogens with zero attached hydrogens (tertiary/aromatic N) is 4. The molecule has 4 aromatic rings.